The molecule has 0 radical (unpaired) electrons. The van der Waals surface area contributed by atoms with E-state index in [-0.39, 0.29) is 0 Å². The zero-order valence-electron chi connectivity index (χ0n) is 12.8. The fourth-order valence-corrected chi connectivity index (χ4v) is 2.04. The van der Waals surface area contributed by atoms with Crippen molar-refractivity contribution in [3.05, 3.63) is 53.3 Å². The first kappa shape index (κ1) is 15.3. The van der Waals surface area contributed by atoms with Crippen LogP contribution in [0.2, 0.25) is 0 Å². The Morgan fingerprint density at radius 1 is 1.24 bits per heavy atom. The van der Waals surface area contributed by atoms with Crippen LogP contribution in [0.4, 0.5) is 0 Å². The lowest BCUT2D eigenvalue weighted by atomic mass is 10.2. The average molecular weight is 286 g/mol. The van der Waals surface area contributed by atoms with Gasteiger partial charge in [-0.25, -0.2) is 0 Å². The predicted molar refractivity (Wildman–Crippen MR) is 83.7 cm³/mol. The number of aromatic nitrogens is 1. The standard InChI is InChI=1S/C17H22N2O2/c1-4-18-11-14-10-15(20-3)7-8-17(14)21-12-16-13(2)6-5-9-19-16/h5-10,18H,4,11-12H2,1-3H3. The fourth-order valence-electron chi connectivity index (χ4n) is 2.04. The molecule has 0 aliphatic rings. The molecule has 0 spiro atoms. The highest BCUT2D eigenvalue weighted by Crippen LogP contribution is 2.25. The molecule has 0 atom stereocenters. The number of ether oxygens (including phenoxy) is 2. The zero-order valence-corrected chi connectivity index (χ0v) is 12.8. The summed E-state index contributed by atoms with van der Waals surface area (Å²) < 4.78 is 11.2. The van der Waals surface area contributed by atoms with Gasteiger partial charge in [0.05, 0.1) is 12.8 Å². The van der Waals surface area contributed by atoms with Gasteiger partial charge in [-0.1, -0.05) is 13.0 Å². The second kappa shape index (κ2) is 7.64. The third-order valence-corrected chi connectivity index (χ3v) is 3.32. The summed E-state index contributed by atoms with van der Waals surface area (Å²) in [5, 5.41) is 3.31. The van der Waals surface area contributed by atoms with Crippen LogP contribution in [0.3, 0.4) is 0 Å². The number of rotatable bonds is 7. The highest BCUT2D eigenvalue weighted by atomic mass is 16.5. The number of pyridine rings is 1. The Hall–Kier alpha value is -2.07. The summed E-state index contributed by atoms with van der Waals surface area (Å²) in [4.78, 5) is 4.35. The van der Waals surface area contributed by atoms with Gasteiger partial charge >= 0.3 is 0 Å². The Kier molecular flexibility index (Phi) is 5.58. The molecule has 1 N–H and O–H groups in total. The summed E-state index contributed by atoms with van der Waals surface area (Å²) in [6, 6.07) is 9.84. The predicted octanol–water partition coefficient (Wildman–Crippen LogP) is 3.09. The van der Waals surface area contributed by atoms with E-state index in [2.05, 4.69) is 17.2 Å². The molecule has 0 fully saturated rings. The molecule has 1 aromatic carbocycles. The fraction of sp³-hybridized carbons (Fsp3) is 0.353. The van der Waals surface area contributed by atoms with Gasteiger partial charge in [0.2, 0.25) is 0 Å². The summed E-state index contributed by atoms with van der Waals surface area (Å²) in [6.45, 7) is 6.26. The van der Waals surface area contributed by atoms with Crippen molar-refractivity contribution < 1.29 is 9.47 Å². The Bertz CT molecular complexity index is 585. The smallest absolute Gasteiger partial charge is 0.130 e. The molecule has 112 valence electrons. The molecule has 21 heavy (non-hydrogen) atoms. The van der Waals surface area contributed by atoms with Crippen molar-refractivity contribution in [2.24, 2.45) is 0 Å². The summed E-state index contributed by atoms with van der Waals surface area (Å²) in [6.07, 6.45) is 1.79. The molecule has 2 aromatic rings. The molecule has 4 heteroatoms. The molecule has 2 rings (SSSR count). The van der Waals surface area contributed by atoms with Crippen LogP contribution >= 0.6 is 0 Å². The van der Waals surface area contributed by atoms with Crippen molar-refractivity contribution in [3.8, 4) is 11.5 Å². The number of nitrogens with zero attached hydrogens (tertiary/aromatic N) is 1. The van der Waals surface area contributed by atoms with Gasteiger partial charge in [-0.2, -0.15) is 0 Å². The van der Waals surface area contributed by atoms with E-state index in [1.165, 1.54) is 0 Å². The number of nitrogens with one attached hydrogen (secondary N) is 1. The summed E-state index contributed by atoms with van der Waals surface area (Å²) in [5.74, 6) is 1.70. The van der Waals surface area contributed by atoms with Gasteiger partial charge in [0.1, 0.15) is 18.1 Å². The first-order valence-electron chi connectivity index (χ1n) is 7.15. The molecule has 0 aliphatic carbocycles. The van der Waals surface area contributed by atoms with E-state index in [0.29, 0.717) is 6.61 Å². The van der Waals surface area contributed by atoms with Crippen molar-refractivity contribution in [1.29, 1.82) is 0 Å². The van der Waals surface area contributed by atoms with Crippen LogP contribution in [0, 0.1) is 6.92 Å². The van der Waals surface area contributed by atoms with Crippen LogP contribution in [0.25, 0.3) is 0 Å². The third-order valence-electron chi connectivity index (χ3n) is 3.32. The summed E-state index contributed by atoms with van der Waals surface area (Å²) in [5.41, 5.74) is 3.19. The van der Waals surface area contributed by atoms with Crippen molar-refractivity contribution in [2.45, 2.75) is 27.0 Å². The zero-order chi connectivity index (χ0) is 15.1. The number of hydrogen-bond donors (Lipinski definition) is 1. The van der Waals surface area contributed by atoms with Crippen LogP contribution < -0.4 is 14.8 Å². The van der Waals surface area contributed by atoms with Crippen LogP contribution in [0.15, 0.2) is 36.5 Å². The number of benzene rings is 1. The highest BCUT2D eigenvalue weighted by molar-refractivity contribution is 5.40. The quantitative estimate of drug-likeness (QED) is 0.849. The summed E-state index contributed by atoms with van der Waals surface area (Å²) >= 11 is 0. The van der Waals surface area contributed by atoms with Gasteiger partial charge in [0.15, 0.2) is 0 Å². The van der Waals surface area contributed by atoms with E-state index in [4.69, 9.17) is 9.47 Å². The summed E-state index contributed by atoms with van der Waals surface area (Å²) in [7, 11) is 1.67. The van der Waals surface area contributed by atoms with E-state index >= 15 is 0 Å². The van der Waals surface area contributed by atoms with Crippen molar-refractivity contribution in [2.75, 3.05) is 13.7 Å². The van der Waals surface area contributed by atoms with Gasteiger partial charge in [-0.05, 0) is 43.3 Å². The number of methoxy groups -OCH3 is 1. The lowest BCUT2D eigenvalue weighted by molar-refractivity contribution is 0.295. The van der Waals surface area contributed by atoms with Gasteiger partial charge in [-0.3, -0.25) is 4.98 Å². The first-order valence-corrected chi connectivity index (χ1v) is 7.15. The largest absolute Gasteiger partial charge is 0.497 e. The second-order valence-electron chi connectivity index (χ2n) is 4.81. The SMILES string of the molecule is CCNCc1cc(OC)ccc1OCc1ncccc1C. The molecule has 0 aliphatic heterocycles. The molecule has 0 unspecified atom stereocenters. The van der Waals surface area contributed by atoms with Gasteiger partial charge < -0.3 is 14.8 Å². The second-order valence-corrected chi connectivity index (χ2v) is 4.81. The topological polar surface area (TPSA) is 43.4 Å². The maximum absolute atomic E-state index is 5.94. The van der Waals surface area contributed by atoms with Crippen LogP contribution in [0.5, 0.6) is 11.5 Å². The van der Waals surface area contributed by atoms with E-state index in [1.54, 1.807) is 13.3 Å². The van der Waals surface area contributed by atoms with E-state index in [1.807, 2.05) is 37.3 Å². The Labute approximate surface area is 126 Å². The Morgan fingerprint density at radius 2 is 2.10 bits per heavy atom. The monoisotopic (exact) mass is 286 g/mol. The van der Waals surface area contributed by atoms with Crippen molar-refractivity contribution in [3.63, 3.8) is 0 Å². The first-order chi connectivity index (χ1) is 10.2. The average Bonchev–Trinajstić information content (AvgIpc) is 2.52. The maximum Gasteiger partial charge on any atom is 0.130 e. The lowest BCUT2D eigenvalue weighted by Crippen LogP contribution is -2.13. The van der Waals surface area contributed by atoms with E-state index in [9.17, 15) is 0 Å². The molecule has 1 heterocycles. The third kappa shape index (κ3) is 4.20. The molecule has 0 bridgehead atoms. The van der Waals surface area contributed by atoms with Gasteiger partial charge in [0, 0.05) is 18.3 Å². The Morgan fingerprint density at radius 3 is 2.81 bits per heavy atom. The van der Waals surface area contributed by atoms with E-state index in [0.717, 1.165) is 41.4 Å². The molecule has 0 saturated heterocycles. The van der Waals surface area contributed by atoms with Gasteiger partial charge in [0.25, 0.3) is 0 Å². The molecular formula is C17H22N2O2. The minimum atomic E-state index is 0.470. The van der Waals surface area contributed by atoms with Crippen LogP contribution in [-0.2, 0) is 13.2 Å². The minimum absolute atomic E-state index is 0.470. The molecule has 0 saturated carbocycles. The number of aryl methyl sites for hydroxylation is 1. The molecular weight excluding hydrogens is 264 g/mol. The normalized spacial score (nSPS) is 10.4. The number of hydrogen-bond acceptors (Lipinski definition) is 4. The molecule has 4 nitrogen and oxygen atoms in total. The molecule has 0 amide bonds. The van der Waals surface area contributed by atoms with Crippen LogP contribution in [-0.4, -0.2) is 18.6 Å². The van der Waals surface area contributed by atoms with Crippen molar-refractivity contribution in [1.82, 2.24) is 10.3 Å². The highest BCUT2D eigenvalue weighted by Gasteiger charge is 2.07. The molecule has 1 aromatic heterocycles. The Balaban J connectivity index is 2.13. The lowest BCUT2D eigenvalue weighted by Gasteiger charge is -2.14. The van der Waals surface area contributed by atoms with Crippen LogP contribution in [0.1, 0.15) is 23.7 Å². The van der Waals surface area contributed by atoms with Crippen molar-refractivity contribution >= 4 is 0 Å². The van der Waals surface area contributed by atoms with Gasteiger partial charge in [-0.15, -0.1) is 0 Å². The van der Waals surface area contributed by atoms with E-state index < -0.39 is 0 Å². The maximum atomic E-state index is 5.94. The minimum Gasteiger partial charge on any atom is -0.497 e.